The van der Waals surface area contributed by atoms with Crippen molar-refractivity contribution in [2.45, 2.75) is 19.7 Å². The average Bonchev–Trinajstić information content (AvgIpc) is 2.92. The standard InChI is InChI=1S/C25H29N2O9P/c1-6-33-37(29,34-7-2)24(17-12-14-18(30-3)15-13-17)36-23(28)19-10-8-9-11-20(19)35-25-26-21(31-4)16-22(27-25)32-5/h8-16,24H,6-7H2,1-5H3. The number of esters is 1. The van der Waals surface area contributed by atoms with E-state index in [1.54, 1.807) is 56.3 Å². The van der Waals surface area contributed by atoms with Crippen LogP contribution in [-0.2, 0) is 18.3 Å². The lowest BCUT2D eigenvalue weighted by molar-refractivity contribution is 0.0361. The van der Waals surface area contributed by atoms with Gasteiger partial charge in [-0.15, -0.1) is 0 Å². The van der Waals surface area contributed by atoms with Gasteiger partial charge in [0.2, 0.25) is 17.6 Å². The second kappa shape index (κ2) is 13.0. The van der Waals surface area contributed by atoms with Crippen LogP contribution in [0.15, 0.2) is 54.6 Å². The molecule has 0 fully saturated rings. The Labute approximate surface area is 215 Å². The van der Waals surface area contributed by atoms with Gasteiger partial charge in [0, 0.05) is 5.56 Å². The summed E-state index contributed by atoms with van der Waals surface area (Å²) < 4.78 is 51.8. The minimum absolute atomic E-state index is 0.0333. The number of aromatic nitrogens is 2. The molecule has 1 aromatic heterocycles. The van der Waals surface area contributed by atoms with Gasteiger partial charge in [-0.2, -0.15) is 9.97 Å². The third kappa shape index (κ3) is 6.97. The van der Waals surface area contributed by atoms with E-state index in [0.29, 0.717) is 11.3 Å². The minimum atomic E-state index is -3.93. The van der Waals surface area contributed by atoms with Crippen LogP contribution in [0.2, 0.25) is 0 Å². The van der Waals surface area contributed by atoms with Gasteiger partial charge >= 0.3 is 19.6 Å². The summed E-state index contributed by atoms with van der Waals surface area (Å²) in [5.74, 6) is -1.10. The third-order valence-corrected chi connectivity index (χ3v) is 7.12. The maximum Gasteiger partial charge on any atom is 0.375 e. The molecule has 3 aromatic rings. The summed E-state index contributed by atoms with van der Waals surface area (Å²) in [6, 6.07) is 14.3. The maximum atomic E-state index is 13.7. The van der Waals surface area contributed by atoms with Gasteiger partial charge in [0.15, 0.2) is 0 Å². The molecule has 11 nitrogen and oxygen atoms in total. The fraction of sp³-hybridized carbons (Fsp3) is 0.320. The molecule has 0 amide bonds. The van der Waals surface area contributed by atoms with Crippen LogP contribution in [0, 0.1) is 0 Å². The first-order valence-corrected chi connectivity index (χ1v) is 13.0. The number of hydrogen-bond acceptors (Lipinski definition) is 11. The van der Waals surface area contributed by atoms with Gasteiger partial charge < -0.3 is 32.7 Å². The van der Waals surface area contributed by atoms with Crippen molar-refractivity contribution in [2.24, 2.45) is 0 Å². The fourth-order valence-electron chi connectivity index (χ4n) is 3.24. The summed E-state index contributed by atoms with van der Waals surface area (Å²) >= 11 is 0. The Hall–Kier alpha value is -3.66. The molecule has 0 aliphatic carbocycles. The van der Waals surface area contributed by atoms with Crippen LogP contribution >= 0.6 is 7.60 Å². The summed E-state index contributed by atoms with van der Waals surface area (Å²) in [6.07, 6.45) is 0. The number of hydrogen-bond donors (Lipinski definition) is 0. The van der Waals surface area contributed by atoms with E-state index in [0.717, 1.165) is 0 Å². The number of rotatable bonds is 13. The molecule has 0 spiro atoms. The molecule has 198 valence electrons. The van der Waals surface area contributed by atoms with Gasteiger partial charge in [-0.05, 0) is 38.1 Å². The Morgan fingerprint density at radius 2 is 1.46 bits per heavy atom. The molecule has 0 bridgehead atoms. The van der Waals surface area contributed by atoms with Crippen molar-refractivity contribution in [1.82, 2.24) is 9.97 Å². The van der Waals surface area contributed by atoms with Gasteiger partial charge in [-0.25, -0.2) is 4.79 Å². The normalized spacial score (nSPS) is 11.9. The molecule has 1 unspecified atom stereocenters. The van der Waals surface area contributed by atoms with E-state index in [-0.39, 0.29) is 42.3 Å². The molecular formula is C25H29N2O9P. The first-order chi connectivity index (χ1) is 17.9. The molecule has 3 rings (SSSR count). The average molecular weight is 532 g/mol. The van der Waals surface area contributed by atoms with Gasteiger partial charge in [-0.1, -0.05) is 24.3 Å². The van der Waals surface area contributed by atoms with Gasteiger partial charge in [0.05, 0.1) is 40.6 Å². The predicted octanol–water partition coefficient (Wildman–Crippen LogP) is 5.42. The van der Waals surface area contributed by atoms with Crippen molar-refractivity contribution in [1.29, 1.82) is 0 Å². The van der Waals surface area contributed by atoms with Crippen molar-refractivity contribution >= 4 is 13.6 Å². The van der Waals surface area contributed by atoms with Gasteiger partial charge in [-0.3, -0.25) is 4.57 Å². The van der Waals surface area contributed by atoms with Gasteiger partial charge in [0.25, 0.3) is 0 Å². The zero-order chi connectivity index (χ0) is 26.8. The monoisotopic (exact) mass is 532 g/mol. The Bertz CT molecular complexity index is 1200. The molecule has 0 aliphatic rings. The van der Waals surface area contributed by atoms with Crippen LogP contribution in [0.25, 0.3) is 0 Å². The Balaban J connectivity index is 1.97. The number of benzene rings is 2. The van der Waals surface area contributed by atoms with Crippen molar-refractivity contribution in [3.8, 4) is 29.3 Å². The topological polar surface area (TPSA) is 125 Å². The largest absolute Gasteiger partial charge is 0.497 e. The summed E-state index contributed by atoms with van der Waals surface area (Å²) in [6.45, 7) is 3.50. The van der Waals surface area contributed by atoms with Crippen molar-refractivity contribution in [2.75, 3.05) is 34.5 Å². The van der Waals surface area contributed by atoms with Crippen LogP contribution in [0.4, 0.5) is 0 Å². The number of methoxy groups -OCH3 is 3. The Morgan fingerprint density at radius 3 is 2.00 bits per heavy atom. The van der Waals surface area contributed by atoms with Crippen LogP contribution in [0.5, 0.6) is 29.3 Å². The second-order valence-electron chi connectivity index (χ2n) is 7.24. The SMILES string of the molecule is CCOP(=O)(OCC)C(OC(=O)c1ccccc1Oc1nc(OC)cc(OC)n1)c1ccc(OC)cc1. The lowest BCUT2D eigenvalue weighted by Gasteiger charge is -2.26. The molecule has 2 aromatic carbocycles. The van der Waals surface area contributed by atoms with Crippen LogP contribution in [0.1, 0.15) is 35.6 Å². The van der Waals surface area contributed by atoms with E-state index < -0.39 is 19.4 Å². The van der Waals surface area contributed by atoms with Crippen LogP contribution in [0.3, 0.4) is 0 Å². The quantitative estimate of drug-likeness (QED) is 0.207. The van der Waals surface area contributed by atoms with Crippen molar-refractivity contribution in [3.05, 3.63) is 65.7 Å². The lowest BCUT2D eigenvalue weighted by atomic mass is 10.2. The molecule has 1 atom stereocenters. The third-order valence-electron chi connectivity index (χ3n) is 4.91. The molecule has 1 heterocycles. The molecular weight excluding hydrogens is 503 g/mol. The lowest BCUT2D eigenvalue weighted by Crippen LogP contribution is -2.16. The number of carbonyl (C=O) groups is 1. The van der Waals surface area contributed by atoms with Crippen molar-refractivity contribution < 1.29 is 42.1 Å². The Morgan fingerprint density at radius 1 is 0.865 bits per heavy atom. The molecule has 0 aliphatic heterocycles. The highest BCUT2D eigenvalue weighted by Gasteiger charge is 2.41. The first-order valence-electron chi connectivity index (χ1n) is 11.3. The second-order valence-corrected chi connectivity index (χ2v) is 9.30. The smallest absolute Gasteiger partial charge is 0.375 e. The fourth-order valence-corrected chi connectivity index (χ4v) is 5.07. The number of ether oxygens (including phenoxy) is 5. The highest BCUT2D eigenvalue weighted by Crippen LogP contribution is 2.61. The number of nitrogens with zero attached hydrogens (tertiary/aromatic N) is 2. The highest BCUT2D eigenvalue weighted by atomic mass is 31.2. The van der Waals surface area contributed by atoms with E-state index in [2.05, 4.69) is 9.97 Å². The zero-order valence-corrected chi connectivity index (χ0v) is 22.1. The minimum Gasteiger partial charge on any atom is -0.497 e. The Kier molecular flexibility index (Phi) is 9.85. The van der Waals surface area contributed by atoms with E-state index in [4.69, 9.17) is 32.7 Å². The van der Waals surface area contributed by atoms with E-state index in [9.17, 15) is 9.36 Å². The molecule has 0 N–H and O–H groups in total. The van der Waals surface area contributed by atoms with E-state index >= 15 is 0 Å². The summed E-state index contributed by atoms with van der Waals surface area (Å²) in [4.78, 5) is 21.7. The summed E-state index contributed by atoms with van der Waals surface area (Å²) in [5.41, 5.74) is 0.435. The number of carbonyl (C=O) groups excluding carboxylic acids is 1. The van der Waals surface area contributed by atoms with Crippen molar-refractivity contribution in [3.63, 3.8) is 0 Å². The molecule has 0 saturated heterocycles. The van der Waals surface area contributed by atoms with E-state index in [1.807, 2.05) is 0 Å². The highest BCUT2D eigenvalue weighted by molar-refractivity contribution is 7.54. The van der Waals surface area contributed by atoms with E-state index in [1.165, 1.54) is 33.5 Å². The maximum absolute atomic E-state index is 13.7. The first kappa shape index (κ1) is 27.9. The molecule has 37 heavy (non-hydrogen) atoms. The van der Waals surface area contributed by atoms with Crippen LogP contribution < -0.4 is 18.9 Å². The molecule has 12 heteroatoms. The molecule has 0 saturated carbocycles. The van der Waals surface area contributed by atoms with Crippen LogP contribution in [-0.4, -0.2) is 50.5 Å². The summed E-state index contributed by atoms with van der Waals surface area (Å²) in [7, 11) is 0.461. The zero-order valence-electron chi connectivity index (χ0n) is 21.2. The van der Waals surface area contributed by atoms with Gasteiger partial charge in [0.1, 0.15) is 17.1 Å². The summed E-state index contributed by atoms with van der Waals surface area (Å²) in [5, 5.41) is 0. The predicted molar refractivity (Wildman–Crippen MR) is 134 cm³/mol. The number of para-hydroxylation sites is 1. The molecule has 0 radical (unpaired) electrons.